The molecule has 0 bridgehead atoms. The van der Waals surface area contributed by atoms with Crippen LogP contribution in [0.1, 0.15) is 15.9 Å². The Labute approximate surface area is 139 Å². The van der Waals surface area contributed by atoms with Gasteiger partial charge in [0.1, 0.15) is 0 Å². The van der Waals surface area contributed by atoms with Crippen molar-refractivity contribution in [2.75, 3.05) is 11.9 Å². The van der Waals surface area contributed by atoms with Gasteiger partial charge >= 0.3 is 0 Å². The van der Waals surface area contributed by atoms with E-state index in [-0.39, 0.29) is 18.4 Å². The van der Waals surface area contributed by atoms with Crippen LogP contribution in [0, 0.1) is 6.92 Å². The van der Waals surface area contributed by atoms with E-state index in [2.05, 4.69) is 15.6 Å². The Morgan fingerprint density at radius 1 is 1.04 bits per heavy atom. The van der Waals surface area contributed by atoms with Gasteiger partial charge in [-0.15, -0.1) is 0 Å². The second-order valence-corrected chi connectivity index (χ2v) is 5.50. The van der Waals surface area contributed by atoms with Gasteiger partial charge in [-0.2, -0.15) is 0 Å². The van der Waals surface area contributed by atoms with Crippen molar-refractivity contribution in [3.8, 4) is 0 Å². The average Bonchev–Trinajstić information content (AvgIpc) is 2.61. The highest BCUT2D eigenvalue weighted by Gasteiger charge is 2.09. The maximum Gasteiger partial charge on any atom is 0.251 e. The average molecular weight is 319 g/mol. The number of aromatic nitrogens is 1. The molecule has 1 aromatic heterocycles. The largest absolute Gasteiger partial charge is 0.343 e. The van der Waals surface area contributed by atoms with Crippen molar-refractivity contribution in [1.29, 1.82) is 0 Å². The summed E-state index contributed by atoms with van der Waals surface area (Å²) >= 11 is 0. The van der Waals surface area contributed by atoms with Crippen LogP contribution < -0.4 is 10.6 Å². The molecule has 2 N–H and O–H groups in total. The first-order valence-corrected chi connectivity index (χ1v) is 7.61. The van der Waals surface area contributed by atoms with E-state index >= 15 is 0 Å². The summed E-state index contributed by atoms with van der Waals surface area (Å²) in [5, 5.41) is 7.29. The van der Waals surface area contributed by atoms with Gasteiger partial charge in [-0.25, -0.2) is 0 Å². The normalized spacial score (nSPS) is 10.4. The van der Waals surface area contributed by atoms with E-state index in [4.69, 9.17) is 0 Å². The van der Waals surface area contributed by atoms with Crippen LogP contribution in [0.5, 0.6) is 0 Å². The summed E-state index contributed by atoms with van der Waals surface area (Å²) in [5.74, 6) is -0.549. The Morgan fingerprint density at radius 3 is 2.62 bits per heavy atom. The number of hydrogen-bond donors (Lipinski definition) is 2. The molecule has 24 heavy (non-hydrogen) atoms. The first-order chi connectivity index (χ1) is 11.6. The lowest BCUT2D eigenvalue weighted by Crippen LogP contribution is -2.32. The molecule has 0 fully saturated rings. The third-order valence-corrected chi connectivity index (χ3v) is 3.68. The molecule has 3 aromatic rings. The predicted octanol–water partition coefficient (Wildman–Crippen LogP) is 2.91. The van der Waals surface area contributed by atoms with E-state index in [1.807, 2.05) is 43.3 Å². The summed E-state index contributed by atoms with van der Waals surface area (Å²) in [6.07, 6.45) is 3.42. The molecule has 5 nitrogen and oxygen atoms in total. The molecule has 120 valence electrons. The second kappa shape index (κ2) is 6.91. The van der Waals surface area contributed by atoms with Crippen LogP contribution in [0.2, 0.25) is 0 Å². The van der Waals surface area contributed by atoms with Gasteiger partial charge in [-0.3, -0.25) is 14.6 Å². The molecule has 0 saturated heterocycles. The molecule has 0 atom stereocenters. The van der Waals surface area contributed by atoms with Crippen LogP contribution in [0.25, 0.3) is 10.8 Å². The lowest BCUT2D eigenvalue weighted by molar-refractivity contribution is -0.115. The van der Waals surface area contributed by atoms with E-state index in [0.717, 1.165) is 16.3 Å². The zero-order chi connectivity index (χ0) is 16.9. The van der Waals surface area contributed by atoms with E-state index in [1.165, 1.54) is 0 Å². The minimum Gasteiger partial charge on any atom is -0.343 e. The molecule has 0 aliphatic carbocycles. The Kier molecular flexibility index (Phi) is 4.52. The van der Waals surface area contributed by atoms with E-state index in [1.54, 1.807) is 24.5 Å². The van der Waals surface area contributed by atoms with Gasteiger partial charge in [0.05, 0.1) is 6.54 Å². The summed E-state index contributed by atoms with van der Waals surface area (Å²) in [6.45, 7) is 1.86. The fraction of sp³-hybridized carbons (Fsp3) is 0.105. The van der Waals surface area contributed by atoms with Gasteiger partial charge in [-0.1, -0.05) is 29.8 Å². The summed E-state index contributed by atoms with van der Waals surface area (Å²) < 4.78 is 0. The monoisotopic (exact) mass is 319 g/mol. The fourth-order valence-corrected chi connectivity index (χ4v) is 2.39. The molecule has 0 aliphatic rings. The number of benzene rings is 2. The number of aryl methyl sites for hydroxylation is 1. The highest BCUT2D eigenvalue weighted by atomic mass is 16.2. The van der Waals surface area contributed by atoms with Gasteiger partial charge in [0.2, 0.25) is 5.91 Å². The minimum atomic E-state index is -0.278. The van der Waals surface area contributed by atoms with Gasteiger partial charge in [-0.05, 0) is 31.2 Å². The molecule has 0 radical (unpaired) electrons. The van der Waals surface area contributed by atoms with E-state index in [9.17, 15) is 9.59 Å². The molecular formula is C19H17N3O2. The van der Waals surface area contributed by atoms with E-state index in [0.29, 0.717) is 11.3 Å². The molecule has 1 heterocycles. The number of nitrogens with one attached hydrogen (secondary N) is 2. The molecular weight excluding hydrogens is 302 g/mol. The van der Waals surface area contributed by atoms with Crippen molar-refractivity contribution in [2.24, 2.45) is 0 Å². The maximum absolute atomic E-state index is 12.1. The summed E-state index contributed by atoms with van der Waals surface area (Å²) in [7, 11) is 0. The molecule has 0 aliphatic heterocycles. The van der Waals surface area contributed by atoms with Crippen LogP contribution in [0.15, 0.2) is 60.9 Å². The third-order valence-electron chi connectivity index (χ3n) is 3.68. The Hall–Kier alpha value is -3.21. The number of nitrogens with zero attached hydrogens (tertiary/aromatic N) is 1. The van der Waals surface area contributed by atoms with Gasteiger partial charge in [0, 0.05) is 34.4 Å². The minimum absolute atomic E-state index is 0.0891. The van der Waals surface area contributed by atoms with Crippen molar-refractivity contribution in [3.63, 3.8) is 0 Å². The highest BCUT2D eigenvalue weighted by molar-refractivity contribution is 6.04. The SMILES string of the molecule is Cc1ccc(C(=O)NCC(=O)Nc2cccc3cnccc23)cc1. The van der Waals surface area contributed by atoms with Gasteiger partial charge in [0.15, 0.2) is 0 Å². The molecule has 2 amide bonds. The number of carbonyl (C=O) groups excluding carboxylic acids is 2. The fourth-order valence-electron chi connectivity index (χ4n) is 2.39. The third kappa shape index (κ3) is 3.57. The number of pyridine rings is 1. The Balaban J connectivity index is 1.63. The zero-order valence-corrected chi connectivity index (χ0v) is 13.2. The molecule has 5 heteroatoms. The molecule has 3 rings (SSSR count). The number of hydrogen-bond acceptors (Lipinski definition) is 3. The van der Waals surface area contributed by atoms with Crippen molar-refractivity contribution in [3.05, 3.63) is 72.1 Å². The Bertz CT molecular complexity index is 883. The number of amides is 2. The number of anilines is 1. The molecule has 0 saturated carbocycles. The smallest absolute Gasteiger partial charge is 0.251 e. The standard InChI is InChI=1S/C19H17N3O2/c1-13-5-7-14(8-6-13)19(24)21-12-18(23)22-17-4-2-3-15-11-20-10-9-16(15)17/h2-11H,12H2,1H3,(H,21,24)(H,22,23). The summed E-state index contributed by atoms with van der Waals surface area (Å²) in [4.78, 5) is 28.2. The number of rotatable bonds is 4. The highest BCUT2D eigenvalue weighted by Crippen LogP contribution is 2.21. The van der Waals surface area contributed by atoms with Gasteiger partial charge < -0.3 is 10.6 Å². The van der Waals surface area contributed by atoms with Crippen molar-refractivity contribution in [2.45, 2.75) is 6.92 Å². The first-order valence-electron chi connectivity index (χ1n) is 7.61. The zero-order valence-electron chi connectivity index (χ0n) is 13.2. The molecule has 2 aromatic carbocycles. The topological polar surface area (TPSA) is 71.1 Å². The quantitative estimate of drug-likeness (QED) is 0.777. The number of fused-ring (bicyclic) bond motifs is 1. The Morgan fingerprint density at radius 2 is 1.83 bits per heavy atom. The first kappa shape index (κ1) is 15.7. The predicted molar refractivity (Wildman–Crippen MR) is 93.9 cm³/mol. The molecule has 0 spiro atoms. The van der Waals surface area contributed by atoms with Crippen LogP contribution in [-0.2, 0) is 4.79 Å². The lowest BCUT2D eigenvalue weighted by atomic mass is 10.1. The van der Waals surface area contributed by atoms with Crippen LogP contribution >= 0.6 is 0 Å². The summed E-state index contributed by atoms with van der Waals surface area (Å²) in [5.41, 5.74) is 2.31. The number of carbonyl (C=O) groups is 2. The van der Waals surface area contributed by atoms with Crippen LogP contribution in [0.4, 0.5) is 5.69 Å². The summed E-state index contributed by atoms with van der Waals surface area (Å²) in [6, 6.07) is 14.6. The van der Waals surface area contributed by atoms with Crippen LogP contribution in [0.3, 0.4) is 0 Å². The van der Waals surface area contributed by atoms with Crippen LogP contribution in [-0.4, -0.2) is 23.3 Å². The molecule has 0 unspecified atom stereocenters. The van der Waals surface area contributed by atoms with Crippen molar-refractivity contribution < 1.29 is 9.59 Å². The van der Waals surface area contributed by atoms with Gasteiger partial charge in [0.25, 0.3) is 5.91 Å². The lowest BCUT2D eigenvalue weighted by Gasteiger charge is -2.09. The van der Waals surface area contributed by atoms with E-state index < -0.39 is 0 Å². The second-order valence-electron chi connectivity index (χ2n) is 5.50. The van der Waals surface area contributed by atoms with Crippen molar-refractivity contribution in [1.82, 2.24) is 10.3 Å². The maximum atomic E-state index is 12.1. The van der Waals surface area contributed by atoms with Crippen molar-refractivity contribution >= 4 is 28.3 Å².